The second kappa shape index (κ2) is 6.94. The van der Waals surface area contributed by atoms with Crippen molar-refractivity contribution >= 4 is 11.9 Å². The van der Waals surface area contributed by atoms with Gasteiger partial charge in [-0.05, 0) is 29.8 Å². The fourth-order valence-electron chi connectivity index (χ4n) is 2.83. The van der Waals surface area contributed by atoms with E-state index in [1.165, 1.54) is 13.8 Å². The Morgan fingerprint density at radius 2 is 1.60 bits per heavy atom. The van der Waals surface area contributed by atoms with E-state index >= 15 is 0 Å². The average Bonchev–Trinajstić information content (AvgIpc) is 2.55. The summed E-state index contributed by atoms with van der Waals surface area (Å²) in [5.41, 5.74) is 1.51. The van der Waals surface area contributed by atoms with Crippen molar-refractivity contribution in [2.45, 2.75) is 25.9 Å². The molecule has 1 N–H and O–H groups in total. The van der Waals surface area contributed by atoms with Crippen molar-refractivity contribution in [3.8, 4) is 17.2 Å². The molecule has 1 aliphatic heterocycles. The molecule has 0 spiro atoms. The van der Waals surface area contributed by atoms with Gasteiger partial charge in [0.1, 0.15) is 17.2 Å². The topological polar surface area (TPSA) is 82.1 Å². The molecular formula is C19H18O6. The van der Waals surface area contributed by atoms with Crippen molar-refractivity contribution in [3.63, 3.8) is 0 Å². The van der Waals surface area contributed by atoms with E-state index in [9.17, 15) is 14.7 Å². The molecule has 1 heterocycles. The van der Waals surface area contributed by atoms with Crippen molar-refractivity contribution in [1.82, 2.24) is 0 Å². The number of benzene rings is 2. The lowest BCUT2D eigenvalue weighted by molar-refractivity contribution is -0.132. The number of carbonyl (C=O) groups excluding carboxylic acids is 2. The number of hydrogen-bond acceptors (Lipinski definition) is 6. The first-order valence-corrected chi connectivity index (χ1v) is 7.85. The van der Waals surface area contributed by atoms with Crippen LogP contribution in [0, 0.1) is 0 Å². The molecule has 0 aromatic heterocycles. The van der Waals surface area contributed by atoms with Crippen molar-refractivity contribution in [1.29, 1.82) is 0 Å². The summed E-state index contributed by atoms with van der Waals surface area (Å²) >= 11 is 0. The van der Waals surface area contributed by atoms with Crippen molar-refractivity contribution in [2.24, 2.45) is 0 Å². The fourth-order valence-corrected chi connectivity index (χ4v) is 2.83. The van der Waals surface area contributed by atoms with Crippen LogP contribution in [0.15, 0.2) is 42.5 Å². The van der Waals surface area contributed by atoms with Crippen LogP contribution < -0.4 is 14.2 Å². The zero-order valence-electron chi connectivity index (χ0n) is 13.9. The second-order valence-corrected chi connectivity index (χ2v) is 5.82. The third-order valence-corrected chi connectivity index (χ3v) is 3.93. The summed E-state index contributed by atoms with van der Waals surface area (Å²) in [4.78, 5) is 22.0. The van der Waals surface area contributed by atoms with E-state index < -0.39 is 12.1 Å². The Hall–Kier alpha value is -2.86. The first-order chi connectivity index (χ1) is 11.9. The Balaban J connectivity index is 1.80. The van der Waals surface area contributed by atoms with Gasteiger partial charge in [0.2, 0.25) is 0 Å². The van der Waals surface area contributed by atoms with Gasteiger partial charge in [0, 0.05) is 31.4 Å². The molecule has 6 nitrogen and oxygen atoms in total. The van der Waals surface area contributed by atoms with Gasteiger partial charge in [-0.2, -0.15) is 0 Å². The Kier molecular flexibility index (Phi) is 4.72. The highest BCUT2D eigenvalue weighted by Crippen LogP contribution is 2.42. The van der Waals surface area contributed by atoms with Crippen molar-refractivity contribution < 1.29 is 28.9 Å². The molecule has 3 rings (SSSR count). The number of hydrogen-bond donors (Lipinski definition) is 1. The summed E-state index contributed by atoms with van der Waals surface area (Å²) in [7, 11) is 0. The van der Waals surface area contributed by atoms with Crippen LogP contribution in [0.3, 0.4) is 0 Å². The molecule has 2 aromatic carbocycles. The first-order valence-electron chi connectivity index (χ1n) is 7.85. The molecule has 6 heteroatoms. The molecule has 0 saturated heterocycles. The second-order valence-electron chi connectivity index (χ2n) is 5.82. The summed E-state index contributed by atoms with van der Waals surface area (Å²) in [6.45, 7) is 2.95. The van der Waals surface area contributed by atoms with Gasteiger partial charge in [-0.3, -0.25) is 9.59 Å². The van der Waals surface area contributed by atoms with Gasteiger partial charge in [0.25, 0.3) is 0 Å². The molecule has 130 valence electrons. The normalized spacial score (nSPS) is 18.7. The largest absolute Gasteiger partial charge is 0.492 e. The van der Waals surface area contributed by atoms with Crippen LogP contribution in [0.25, 0.3) is 0 Å². The predicted octanol–water partition coefficient (Wildman–Crippen LogP) is 2.75. The van der Waals surface area contributed by atoms with E-state index in [2.05, 4.69) is 0 Å². The quantitative estimate of drug-likeness (QED) is 0.682. The zero-order valence-corrected chi connectivity index (χ0v) is 13.9. The SMILES string of the molecule is CC(=O)Oc1ccc([C@H]2COc3cc(OC(C)=O)ccc3[C@H]2O)cc1. The Labute approximate surface area is 144 Å². The summed E-state index contributed by atoms with van der Waals surface area (Å²) in [5, 5.41) is 10.7. The predicted molar refractivity (Wildman–Crippen MR) is 88.7 cm³/mol. The zero-order chi connectivity index (χ0) is 18.0. The highest BCUT2D eigenvalue weighted by atomic mass is 16.5. The van der Waals surface area contributed by atoms with Crippen LogP contribution in [0.2, 0.25) is 0 Å². The summed E-state index contributed by atoms with van der Waals surface area (Å²) in [6, 6.07) is 11.9. The summed E-state index contributed by atoms with van der Waals surface area (Å²) in [6.07, 6.45) is -0.755. The van der Waals surface area contributed by atoms with E-state index in [4.69, 9.17) is 14.2 Å². The lowest BCUT2D eigenvalue weighted by Crippen LogP contribution is -2.24. The maximum Gasteiger partial charge on any atom is 0.308 e. The Bertz CT molecular complexity index is 796. The van der Waals surface area contributed by atoms with Gasteiger partial charge in [-0.1, -0.05) is 12.1 Å². The molecule has 1 aliphatic rings. The average molecular weight is 342 g/mol. The smallest absolute Gasteiger partial charge is 0.308 e. The highest BCUT2D eigenvalue weighted by Gasteiger charge is 2.31. The van der Waals surface area contributed by atoms with Gasteiger partial charge in [0.05, 0.1) is 12.7 Å². The van der Waals surface area contributed by atoms with Crippen LogP contribution in [0.1, 0.15) is 37.0 Å². The minimum atomic E-state index is -0.755. The van der Waals surface area contributed by atoms with Crippen LogP contribution >= 0.6 is 0 Å². The number of aliphatic hydroxyl groups excluding tert-OH is 1. The lowest BCUT2D eigenvalue weighted by atomic mass is 9.87. The minimum Gasteiger partial charge on any atom is -0.492 e. The van der Waals surface area contributed by atoms with E-state index in [1.54, 1.807) is 42.5 Å². The fraction of sp³-hybridized carbons (Fsp3) is 0.263. The molecule has 25 heavy (non-hydrogen) atoms. The van der Waals surface area contributed by atoms with Crippen molar-refractivity contribution in [2.75, 3.05) is 6.61 Å². The molecule has 2 aromatic rings. The number of ether oxygens (including phenoxy) is 3. The first kappa shape index (κ1) is 17.0. The third kappa shape index (κ3) is 3.80. The van der Waals surface area contributed by atoms with Gasteiger partial charge in [-0.25, -0.2) is 0 Å². The van der Waals surface area contributed by atoms with E-state index in [1.807, 2.05) is 0 Å². The van der Waals surface area contributed by atoms with Gasteiger partial charge in [-0.15, -0.1) is 0 Å². The van der Waals surface area contributed by atoms with E-state index in [-0.39, 0.29) is 18.5 Å². The summed E-state index contributed by atoms with van der Waals surface area (Å²) < 4.78 is 15.8. The number of carbonyl (C=O) groups is 2. The molecule has 0 bridgehead atoms. The molecule has 0 fully saturated rings. The maximum atomic E-state index is 11.0. The molecule has 0 saturated carbocycles. The van der Waals surface area contributed by atoms with Crippen molar-refractivity contribution in [3.05, 3.63) is 53.6 Å². The van der Waals surface area contributed by atoms with Crippen LogP contribution in [0.5, 0.6) is 17.2 Å². The lowest BCUT2D eigenvalue weighted by Gasteiger charge is -2.30. The van der Waals surface area contributed by atoms with E-state index in [0.29, 0.717) is 22.8 Å². The number of esters is 2. The molecule has 0 unspecified atom stereocenters. The third-order valence-electron chi connectivity index (χ3n) is 3.93. The van der Waals surface area contributed by atoms with E-state index in [0.717, 1.165) is 5.56 Å². The highest BCUT2D eigenvalue weighted by molar-refractivity contribution is 5.70. The maximum absolute atomic E-state index is 11.0. The van der Waals surface area contributed by atoms with Gasteiger partial charge < -0.3 is 19.3 Å². The summed E-state index contributed by atoms with van der Waals surface area (Å²) in [5.74, 6) is 0.280. The van der Waals surface area contributed by atoms with Crippen LogP contribution in [0.4, 0.5) is 0 Å². The van der Waals surface area contributed by atoms with Gasteiger partial charge >= 0.3 is 11.9 Å². The Morgan fingerprint density at radius 1 is 1.00 bits per heavy atom. The molecule has 0 aliphatic carbocycles. The van der Waals surface area contributed by atoms with Crippen LogP contribution in [-0.2, 0) is 9.59 Å². The Morgan fingerprint density at radius 3 is 2.24 bits per heavy atom. The minimum absolute atomic E-state index is 0.251. The standard InChI is InChI=1S/C19H18O6/c1-11(20)24-14-5-3-13(4-6-14)17-10-23-18-9-15(25-12(2)21)7-8-16(18)19(17)22/h3-9,17,19,22H,10H2,1-2H3/t17-,19-/m1/s1. The molecular weight excluding hydrogens is 324 g/mol. The number of fused-ring (bicyclic) bond motifs is 1. The molecule has 2 atom stereocenters. The molecule has 0 amide bonds. The monoisotopic (exact) mass is 342 g/mol. The molecule has 0 radical (unpaired) electrons. The van der Waals surface area contributed by atoms with Gasteiger partial charge in [0.15, 0.2) is 0 Å². The number of rotatable bonds is 3. The number of aliphatic hydroxyl groups is 1. The van der Waals surface area contributed by atoms with Crippen LogP contribution in [-0.4, -0.2) is 23.7 Å².